The van der Waals surface area contributed by atoms with Crippen molar-refractivity contribution in [3.8, 4) is 11.3 Å². The molecule has 2 heterocycles. The third-order valence-electron chi connectivity index (χ3n) is 7.03. The highest BCUT2D eigenvalue weighted by Crippen LogP contribution is 2.43. The monoisotopic (exact) mass is 635 g/mol. The number of nitrogens with zero attached hydrogens (tertiary/aromatic N) is 4. The van der Waals surface area contributed by atoms with Gasteiger partial charge in [0.25, 0.3) is 5.91 Å². The van der Waals surface area contributed by atoms with Crippen LogP contribution in [0.5, 0.6) is 0 Å². The van der Waals surface area contributed by atoms with E-state index in [0.29, 0.717) is 23.2 Å². The Morgan fingerprint density at radius 1 is 1.09 bits per heavy atom. The molecule has 11 nitrogen and oxygen atoms in total. The quantitative estimate of drug-likeness (QED) is 0.314. The minimum Gasteiger partial charge on any atom is -0.465 e. The van der Waals surface area contributed by atoms with E-state index in [9.17, 15) is 19.5 Å². The van der Waals surface area contributed by atoms with Crippen LogP contribution in [-0.2, 0) is 19.8 Å². The summed E-state index contributed by atoms with van der Waals surface area (Å²) in [5, 5.41) is 14.1. The van der Waals surface area contributed by atoms with Gasteiger partial charge in [-0.1, -0.05) is 62.7 Å². The summed E-state index contributed by atoms with van der Waals surface area (Å²) in [7, 11) is 1.23. The maximum Gasteiger partial charge on any atom is 0.437 e. The summed E-state index contributed by atoms with van der Waals surface area (Å²) >= 11 is 6.27. The standard InChI is InChI=1S/C33H38ClN5O6/c1-31(2,3)19-33(22-11-8-20(9-12-22)25-17-35-14-15-36-25)28(42)39(29(38-33)37-30(43)45-32(4,5)6)26(18-40)21-10-13-24(34)23(16-21)27(41)44-7/h8-17,26,40H,18-19H2,1-7H3,(H,37,38,43)/t26-,33?/m1/s1. The number of aliphatic hydroxyl groups excluding tert-OH is 1. The van der Waals surface area contributed by atoms with E-state index >= 15 is 0 Å². The Kier molecular flexibility index (Phi) is 9.65. The lowest BCUT2D eigenvalue weighted by Crippen LogP contribution is -2.47. The summed E-state index contributed by atoms with van der Waals surface area (Å²) in [4.78, 5) is 54.3. The summed E-state index contributed by atoms with van der Waals surface area (Å²) in [6, 6.07) is 10.8. The maximum atomic E-state index is 14.8. The zero-order chi connectivity index (χ0) is 33.2. The van der Waals surface area contributed by atoms with Crippen molar-refractivity contribution in [1.29, 1.82) is 0 Å². The number of nitrogens with one attached hydrogen (secondary N) is 1. The fraction of sp³-hybridized carbons (Fsp3) is 0.394. The van der Waals surface area contributed by atoms with Gasteiger partial charge in [0.15, 0.2) is 0 Å². The second kappa shape index (κ2) is 12.9. The minimum absolute atomic E-state index is 0.0564. The number of rotatable bonds is 7. The fourth-order valence-corrected chi connectivity index (χ4v) is 5.48. The summed E-state index contributed by atoms with van der Waals surface area (Å²) in [5.41, 5.74) is -0.144. The summed E-state index contributed by atoms with van der Waals surface area (Å²) < 4.78 is 10.3. The Morgan fingerprint density at radius 3 is 2.33 bits per heavy atom. The number of methoxy groups -OCH3 is 1. The molecule has 0 saturated carbocycles. The van der Waals surface area contributed by atoms with Crippen LogP contribution in [0.25, 0.3) is 11.3 Å². The lowest BCUT2D eigenvalue weighted by atomic mass is 9.75. The second-order valence-electron chi connectivity index (χ2n) is 13.0. The van der Waals surface area contributed by atoms with Crippen LogP contribution in [0.2, 0.25) is 5.02 Å². The molecule has 2 amide bonds. The fourth-order valence-electron chi connectivity index (χ4n) is 5.29. The van der Waals surface area contributed by atoms with Crippen LogP contribution >= 0.6 is 11.6 Å². The Bertz CT molecular complexity index is 1600. The molecule has 1 unspecified atom stereocenters. The first kappa shape index (κ1) is 33.5. The molecule has 3 aromatic rings. The SMILES string of the molecule is COC(=O)c1cc([C@@H](CO)N2C(=O)C(CC(C)(C)C)(c3ccc(-c4cnccn4)cc3)N/C2=N\C(=O)OC(C)(C)C)ccc1Cl. The number of aromatic nitrogens is 2. The molecule has 1 fully saturated rings. The average Bonchev–Trinajstić information content (AvgIpc) is 3.23. The zero-order valence-electron chi connectivity index (χ0n) is 26.4. The van der Waals surface area contributed by atoms with E-state index in [1.165, 1.54) is 24.1 Å². The molecule has 0 bridgehead atoms. The Balaban J connectivity index is 1.90. The van der Waals surface area contributed by atoms with Gasteiger partial charge in [0.05, 0.1) is 42.2 Å². The molecule has 1 saturated heterocycles. The molecule has 12 heteroatoms. The Hall–Kier alpha value is -4.35. The molecular weight excluding hydrogens is 598 g/mol. The van der Waals surface area contributed by atoms with Crippen LogP contribution in [0, 0.1) is 5.41 Å². The smallest absolute Gasteiger partial charge is 0.437 e. The average molecular weight is 636 g/mol. The maximum absolute atomic E-state index is 14.8. The summed E-state index contributed by atoms with van der Waals surface area (Å²) in [5.74, 6) is -1.25. The van der Waals surface area contributed by atoms with Crippen molar-refractivity contribution < 1.29 is 29.0 Å². The lowest BCUT2D eigenvalue weighted by Gasteiger charge is -2.35. The molecule has 0 spiro atoms. The predicted molar refractivity (Wildman–Crippen MR) is 169 cm³/mol. The molecule has 0 radical (unpaired) electrons. The first-order valence-corrected chi connectivity index (χ1v) is 14.8. The number of hydrogen-bond acceptors (Lipinski definition) is 8. The van der Waals surface area contributed by atoms with Gasteiger partial charge in [-0.2, -0.15) is 0 Å². The van der Waals surface area contributed by atoms with Gasteiger partial charge in [-0.15, -0.1) is 4.99 Å². The van der Waals surface area contributed by atoms with E-state index in [1.807, 2.05) is 45.0 Å². The number of carbonyl (C=O) groups excluding carboxylic acids is 3. The van der Waals surface area contributed by atoms with Crippen molar-refractivity contribution in [2.75, 3.05) is 13.7 Å². The molecule has 238 valence electrons. The topological polar surface area (TPSA) is 143 Å². The molecule has 2 aromatic carbocycles. The number of carbonyl (C=O) groups is 3. The van der Waals surface area contributed by atoms with E-state index < -0.39 is 47.2 Å². The number of guanidine groups is 1. The van der Waals surface area contributed by atoms with Gasteiger partial charge < -0.3 is 19.9 Å². The van der Waals surface area contributed by atoms with Gasteiger partial charge in [0.2, 0.25) is 5.96 Å². The van der Waals surface area contributed by atoms with E-state index in [0.717, 1.165) is 5.56 Å². The molecule has 0 aliphatic carbocycles. The van der Waals surface area contributed by atoms with Crippen LogP contribution in [-0.4, -0.2) is 63.2 Å². The number of aliphatic hydroxyl groups is 1. The molecule has 1 aliphatic heterocycles. The molecule has 45 heavy (non-hydrogen) atoms. The van der Waals surface area contributed by atoms with Crippen molar-refractivity contribution in [2.24, 2.45) is 10.4 Å². The first-order valence-electron chi connectivity index (χ1n) is 14.4. The highest BCUT2D eigenvalue weighted by molar-refractivity contribution is 6.33. The Labute approximate surface area is 267 Å². The minimum atomic E-state index is -1.40. The normalized spacial score (nSPS) is 18.5. The number of ether oxygens (including phenoxy) is 2. The summed E-state index contributed by atoms with van der Waals surface area (Å²) in [6.07, 6.45) is 4.20. The molecule has 1 aliphatic rings. The number of esters is 1. The largest absolute Gasteiger partial charge is 0.465 e. The van der Waals surface area contributed by atoms with E-state index in [4.69, 9.17) is 21.1 Å². The highest BCUT2D eigenvalue weighted by atomic mass is 35.5. The van der Waals surface area contributed by atoms with Gasteiger partial charge in [-0.05, 0) is 55.9 Å². The van der Waals surface area contributed by atoms with Crippen LogP contribution in [0.1, 0.15) is 75.5 Å². The first-order chi connectivity index (χ1) is 21.1. The molecule has 4 rings (SSSR count). The van der Waals surface area contributed by atoms with Gasteiger partial charge in [-0.25, -0.2) is 9.59 Å². The molecular formula is C33H38ClN5O6. The van der Waals surface area contributed by atoms with Gasteiger partial charge in [0, 0.05) is 18.0 Å². The number of aliphatic imine (C=N–C) groups is 1. The van der Waals surface area contributed by atoms with Crippen molar-refractivity contribution in [2.45, 2.75) is 65.1 Å². The molecule has 2 atom stereocenters. The lowest BCUT2D eigenvalue weighted by molar-refractivity contribution is -0.134. The van der Waals surface area contributed by atoms with Crippen molar-refractivity contribution in [3.05, 3.63) is 82.8 Å². The third kappa shape index (κ3) is 7.49. The number of amides is 2. The van der Waals surface area contributed by atoms with Crippen molar-refractivity contribution in [3.63, 3.8) is 0 Å². The van der Waals surface area contributed by atoms with E-state index in [1.54, 1.807) is 45.4 Å². The van der Waals surface area contributed by atoms with Crippen LogP contribution in [0.4, 0.5) is 4.79 Å². The van der Waals surface area contributed by atoms with Gasteiger partial charge in [-0.3, -0.25) is 19.7 Å². The molecule has 1 aromatic heterocycles. The second-order valence-corrected chi connectivity index (χ2v) is 13.4. The van der Waals surface area contributed by atoms with Gasteiger partial charge in [0.1, 0.15) is 11.1 Å². The summed E-state index contributed by atoms with van der Waals surface area (Å²) in [6.45, 7) is 10.5. The third-order valence-corrected chi connectivity index (χ3v) is 7.35. The van der Waals surface area contributed by atoms with Crippen LogP contribution in [0.3, 0.4) is 0 Å². The van der Waals surface area contributed by atoms with Crippen molar-refractivity contribution in [1.82, 2.24) is 20.2 Å². The predicted octanol–water partition coefficient (Wildman–Crippen LogP) is 5.67. The van der Waals surface area contributed by atoms with E-state index in [2.05, 4.69) is 20.3 Å². The van der Waals surface area contributed by atoms with Crippen molar-refractivity contribution >= 4 is 35.5 Å². The van der Waals surface area contributed by atoms with Gasteiger partial charge >= 0.3 is 12.1 Å². The number of benzene rings is 2. The van der Waals surface area contributed by atoms with Crippen LogP contribution in [0.15, 0.2) is 66.0 Å². The van der Waals surface area contributed by atoms with Crippen LogP contribution < -0.4 is 5.32 Å². The Morgan fingerprint density at radius 2 is 1.78 bits per heavy atom. The number of hydrogen-bond donors (Lipinski definition) is 2. The highest BCUT2D eigenvalue weighted by Gasteiger charge is 2.55. The zero-order valence-corrected chi connectivity index (χ0v) is 27.2. The molecule has 2 N–H and O–H groups in total. The number of halogens is 1. The van der Waals surface area contributed by atoms with E-state index in [-0.39, 0.29) is 16.5 Å².